The largest absolute Gasteiger partial charge is 0.466 e. The number of hydrogen-bond acceptors (Lipinski definition) is 5. The molecule has 0 bridgehead atoms. The summed E-state index contributed by atoms with van der Waals surface area (Å²) in [5.74, 6) is 0.413. The first kappa shape index (κ1) is 45.6. The number of unbranched alkanes of at least 4 members (excludes halogenated alkanes) is 18. The Morgan fingerprint density at radius 1 is 0.574 bits per heavy atom. The van der Waals surface area contributed by atoms with Crippen LogP contribution < -0.4 is 0 Å². The van der Waals surface area contributed by atoms with Crippen molar-refractivity contribution < 1.29 is 19.1 Å². The van der Waals surface area contributed by atoms with Crippen LogP contribution in [0, 0.1) is 5.92 Å². The highest BCUT2D eigenvalue weighted by Gasteiger charge is 2.13. The van der Waals surface area contributed by atoms with E-state index in [4.69, 9.17) is 9.47 Å². The Kier molecular flexibility index (Phi) is 34.9. The average Bonchev–Trinajstić information content (AvgIpc) is 3.05. The highest BCUT2D eigenvalue weighted by Crippen LogP contribution is 2.22. The van der Waals surface area contributed by atoms with E-state index < -0.39 is 0 Å². The number of allylic oxidation sites excluding steroid dienone is 1. The highest BCUT2D eigenvalue weighted by atomic mass is 16.5. The molecular weight excluding hydrogens is 582 g/mol. The lowest BCUT2D eigenvalue weighted by Gasteiger charge is -2.17. The molecule has 0 saturated heterocycles. The molecule has 0 aliphatic carbocycles. The molecule has 0 aromatic carbocycles. The van der Waals surface area contributed by atoms with Gasteiger partial charge in [-0.3, -0.25) is 4.79 Å². The molecule has 0 rings (SSSR count). The van der Waals surface area contributed by atoms with E-state index in [-0.39, 0.29) is 18.0 Å². The summed E-state index contributed by atoms with van der Waals surface area (Å²) in [7, 11) is 4.14. The second-order valence-electron chi connectivity index (χ2n) is 14.6. The smallest absolute Gasteiger partial charge is 0.330 e. The van der Waals surface area contributed by atoms with Crippen molar-refractivity contribution in [2.45, 2.75) is 213 Å². The standard InChI is InChI=1S/C42H81NO4/c1-6-9-12-15-16-17-20-23-30-39(36-38-46-41(44)34-28-29-37-43(4)5)31-24-21-22-27-35-42(45)47-40(32-25-18-13-10-7-2)33-26-19-14-11-8-3/h27,35,39-40H,6-26,28-34,36-38H2,1-5H3/b35-27+. The molecule has 0 aromatic rings. The highest BCUT2D eigenvalue weighted by molar-refractivity contribution is 5.82. The van der Waals surface area contributed by atoms with Crippen molar-refractivity contribution in [2.75, 3.05) is 27.2 Å². The summed E-state index contributed by atoms with van der Waals surface area (Å²) in [5.41, 5.74) is 0. The fraction of sp³-hybridized carbons (Fsp3) is 0.905. The van der Waals surface area contributed by atoms with E-state index in [1.165, 1.54) is 116 Å². The SMILES string of the molecule is CCCCCCCCCCC(CCCC/C=C/C(=O)OC(CCCCCCC)CCCCCCC)CCOC(=O)CCCCN(C)C. The van der Waals surface area contributed by atoms with E-state index in [0.717, 1.165) is 70.8 Å². The predicted molar refractivity (Wildman–Crippen MR) is 203 cm³/mol. The van der Waals surface area contributed by atoms with Crippen LogP contribution in [-0.4, -0.2) is 50.2 Å². The Labute approximate surface area is 293 Å². The summed E-state index contributed by atoms with van der Waals surface area (Å²) in [4.78, 5) is 27.0. The lowest BCUT2D eigenvalue weighted by Crippen LogP contribution is -2.17. The van der Waals surface area contributed by atoms with Crippen LogP contribution >= 0.6 is 0 Å². The summed E-state index contributed by atoms with van der Waals surface area (Å²) in [6.07, 6.45) is 38.0. The van der Waals surface area contributed by atoms with E-state index >= 15 is 0 Å². The molecule has 0 amide bonds. The van der Waals surface area contributed by atoms with Crippen molar-refractivity contribution in [1.82, 2.24) is 4.90 Å². The minimum atomic E-state index is -0.159. The van der Waals surface area contributed by atoms with Crippen molar-refractivity contribution in [1.29, 1.82) is 0 Å². The van der Waals surface area contributed by atoms with Crippen molar-refractivity contribution in [2.24, 2.45) is 5.92 Å². The van der Waals surface area contributed by atoms with Crippen molar-refractivity contribution in [3.05, 3.63) is 12.2 Å². The first-order chi connectivity index (χ1) is 22.9. The van der Waals surface area contributed by atoms with Gasteiger partial charge in [0.1, 0.15) is 6.10 Å². The van der Waals surface area contributed by atoms with Gasteiger partial charge >= 0.3 is 11.9 Å². The maximum absolute atomic E-state index is 12.6. The monoisotopic (exact) mass is 664 g/mol. The van der Waals surface area contributed by atoms with Gasteiger partial charge < -0.3 is 14.4 Å². The number of ether oxygens (including phenoxy) is 2. The number of nitrogens with zero attached hydrogens (tertiary/aromatic N) is 1. The Bertz CT molecular complexity index is 693. The first-order valence-electron chi connectivity index (χ1n) is 20.6. The molecule has 0 aliphatic heterocycles. The van der Waals surface area contributed by atoms with Crippen molar-refractivity contribution in [3.63, 3.8) is 0 Å². The number of rotatable bonds is 36. The molecule has 0 spiro atoms. The van der Waals surface area contributed by atoms with E-state index in [2.05, 4.69) is 39.8 Å². The van der Waals surface area contributed by atoms with Gasteiger partial charge in [0, 0.05) is 12.5 Å². The van der Waals surface area contributed by atoms with E-state index in [9.17, 15) is 9.59 Å². The molecule has 5 heteroatoms. The summed E-state index contributed by atoms with van der Waals surface area (Å²) < 4.78 is 11.6. The third-order valence-electron chi connectivity index (χ3n) is 9.52. The van der Waals surface area contributed by atoms with Crippen molar-refractivity contribution >= 4 is 11.9 Å². The summed E-state index contributed by atoms with van der Waals surface area (Å²) in [6.45, 7) is 8.34. The summed E-state index contributed by atoms with van der Waals surface area (Å²) in [6, 6.07) is 0. The van der Waals surface area contributed by atoms with Gasteiger partial charge in [0.2, 0.25) is 0 Å². The van der Waals surface area contributed by atoms with Gasteiger partial charge in [0.05, 0.1) is 6.61 Å². The van der Waals surface area contributed by atoms with Crippen LogP contribution in [0.2, 0.25) is 0 Å². The zero-order chi connectivity index (χ0) is 34.6. The van der Waals surface area contributed by atoms with Crippen LogP contribution in [0.5, 0.6) is 0 Å². The zero-order valence-electron chi connectivity index (χ0n) is 32.3. The Morgan fingerprint density at radius 2 is 1.06 bits per heavy atom. The quantitative estimate of drug-likeness (QED) is 0.0379. The molecule has 47 heavy (non-hydrogen) atoms. The van der Waals surface area contributed by atoms with Gasteiger partial charge in [-0.25, -0.2) is 4.79 Å². The number of carbonyl (C=O) groups is 2. The number of hydrogen-bond donors (Lipinski definition) is 0. The van der Waals surface area contributed by atoms with Crippen LogP contribution in [-0.2, 0) is 19.1 Å². The van der Waals surface area contributed by atoms with Crippen LogP contribution in [0.1, 0.15) is 207 Å². The van der Waals surface area contributed by atoms with Crippen LogP contribution in [0.25, 0.3) is 0 Å². The van der Waals surface area contributed by atoms with E-state index in [0.29, 0.717) is 18.9 Å². The lowest BCUT2D eigenvalue weighted by atomic mass is 9.92. The Balaban J connectivity index is 4.53. The predicted octanol–water partition coefficient (Wildman–Crippen LogP) is 12.5. The topological polar surface area (TPSA) is 55.8 Å². The second-order valence-corrected chi connectivity index (χ2v) is 14.6. The molecule has 278 valence electrons. The van der Waals surface area contributed by atoms with Gasteiger partial charge in [-0.05, 0) is 84.3 Å². The van der Waals surface area contributed by atoms with E-state index in [1.54, 1.807) is 6.08 Å². The fourth-order valence-corrected chi connectivity index (χ4v) is 6.40. The molecule has 0 aromatic heterocycles. The van der Waals surface area contributed by atoms with E-state index in [1.807, 2.05) is 6.08 Å². The number of carbonyl (C=O) groups excluding carboxylic acids is 2. The number of esters is 2. The second kappa shape index (κ2) is 35.9. The maximum Gasteiger partial charge on any atom is 0.330 e. The van der Waals surface area contributed by atoms with Gasteiger partial charge in [-0.1, -0.05) is 149 Å². The van der Waals surface area contributed by atoms with Gasteiger partial charge in [0.15, 0.2) is 0 Å². The van der Waals surface area contributed by atoms with Crippen LogP contribution in [0.4, 0.5) is 0 Å². The molecule has 0 aliphatic rings. The molecule has 1 unspecified atom stereocenters. The molecule has 5 nitrogen and oxygen atoms in total. The molecule has 0 saturated carbocycles. The summed E-state index contributed by atoms with van der Waals surface area (Å²) >= 11 is 0. The molecule has 0 fully saturated rings. The third-order valence-corrected chi connectivity index (χ3v) is 9.52. The Morgan fingerprint density at radius 3 is 1.60 bits per heavy atom. The first-order valence-corrected chi connectivity index (χ1v) is 20.6. The van der Waals surface area contributed by atoms with Gasteiger partial charge in [0.25, 0.3) is 0 Å². The normalized spacial score (nSPS) is 12.4. The molecule has 0 heterocycles. The van der Waals surface area contributed by atoms with Gasteiger partial charge in [-0.15, -0.1) is 0 Å². The molecular formula is C42H81NO4. The zero-order valence-corrected chi connectivity index (χ0v) is 32.3. The van der Waals surface area contributed by atoms with Crippen LogP contribution in [0.3, 0.4) is 0 Å². The molecule has 0 radical (unpaired) electrons. The van der Waals surface area contributed by atoms with Crippen molar-refractivity contribution in [3.8, 4) is 0 Å². The minimum absolute atomic E-state index is 0.0400. The minimum Gasteiger partial charge on any atom is -0.466 e. The molecule has 0 N–H and O–H groups in total. The Hall–Kier alpha value is -1.36. The van der Waals surface area contributed by atoms with Gasteiger partial charge in [-0.2, -0.15) is 0 Å². The summed E-state index contributed by atoms with van der Waals surface area (Å²) in [5, 5.41) is 0. The fourth-order valence-electron chi connectivity index (χ4n) is 6.40. The molecule has 1 atom stereocenters. The van der Waals surface area contributed by atoms with Crippen LogP contribution in [0.15, 0.2) is 12.2 Å². The third kappa shape index (κ3) is 34.3. The lowest BCUT2D eigenvalue weighted by molar-refractivity contribution is -0.145. The maximum atomic E-state index is 12.6. The average molecular weight is 664 g/mol.